The molecule has 0 saturated heterocycles. The molecule has 0 unspecified atom stereocenters. The molecule has 1 aromatic rings. The Labute approximate surface area is 146 Å². The molecule has 0 aliphatic heterocycles. The van der Waals surface area contributed by atoms with E-state index in [1.807, 2.05) is 71.0 Å². The molecule has 0 radical (unpaired) electrons. The molecule has 1 rings (SSSR count). The largest absolute Gasteiger partial charge is 0.494 e. The number of hydrogen-bond donors (Lipinski definition) is 2. The number of carbonyl (C=O) groups is 1. The van der Waals surface area contributed by atoms with Crippen molar-refractivity contribution < 1.29 is 9.53 Å². The number of allylic oxidation sites excluding steroid dienone is 2. The highest BCUT2D eigenvalue weighted by Crippen LogP contribution is 2.18. The Morgan fingerprint density at radius 1 is 1.33 bits per heavy atom. The third-order valence-electron chi connectivity index (χ3n) is 3.22. The highest BCUT2D eigenvalue weighted by molar-refractivity contribution is 5.95. The zero-order chi connectivity index (χ0) is 18.4. The SMILES string of the molecule is C/C=C(\C=C/CC)C(=O)NCCCOc1ccc(N)c(C)c1.CC. The number of aryl methyl sites for hydroxylation is 1. The first-order chi connectivity index (χ1) is 11.6. The van der Waals surface area contributed by atoms with Crippen LogP contribution in [0.25, 0.3) is 0 Å². The van der Waals surface area contributed by atoms with Gasteiger partial charge in [0.15, 0.2) is 0 Å². The summed E-state index contributed by atoms with van der Waals surface area (Å²) < 4.78 is 5.64. The first kappa shape index (κ1) is 21.8. The van der Waals surface area contributed by atoms with Gasteiger partial charge in [0.2, 0.25) is 0 Å². The summed E-state index contributed by atoms with van der Waals surface area (Å²) in [5, 5.41) is 2.89. The summed E-state index contributed by atoms with van der Waals surface area (Å²) in [6, 6.07) is 5.61. The first-order valence-electron chi connectivity index (χ1n) is 8.68. The van der Waals surface area contributed by atoms with E-state index in [1.165, 1.54) is 0 Å². The average Bonchev–Trinajstić information content (AvgIpc) is 2.60. The smallest absolute Gasteiger partial charge is 0.250 e. The molecule has 4 nitrogen and oxygen atoms in total. The zero-order valence-corrected chi connectivity index (χ0v) is 15.7. The number of hydrogen-bond acceptors (Lipinski definition) is 3. The maximum absolute atomic E-state index is 11.9. The highest BCUT2D eigenvalue weighted by atomic mass is 16.5. The van der Waals surface area contributed by atoms with Crippen molar-refractivity contribution in [1.82, 2.24) is 5.32 Å². The normalized spacial score (nSPS) is 11.0. The minimum Gasteiger partial charge on any atom is -0.494 e. The molecule has 4 heteroatoms. The number of amides is 1. The lowest BCUT2D eigenvalue weighted by molar-refractivity contribution is -0.117. The Morgan fingerprint density at radius 2 is 2.04 bits per heavy atom. The number of anilines is 1. The van der Waals surface area contributed by atoms with Crippen LogP contribution in [-0.4, -0.2) is 19.1 Å². The summed E-state index contributed by atoms with van der Waals surface area (Å²) in [6.45, 7) is 11.0. The quantitative estimate of drug-likeness (QED) is 0.321. The second-order valence-corrected chi connectivity index (χ2v) is 5.03. The molecule has 0 bridgehead atoms. The first-order valence-corrected chi connectivity index (χ1v) is 8.68. The fourth-order valence-corrected chi connectivity index (χ4v) is 1.85. The molecule has 1 aromatic carbocycles. The number of nitrogen functional groups attached to an aromatic ring is 1. The Kier molecular flexibility index (Phi) is 12.0. The standard InChI is InChI=1S/C18H26N2O2.C2H6/c1-4-6-8-15(5-2)18(21)20-11-7-12-22-16-9-10-17(19)14(3)13-16;1-2/h5-6,8-10,13H,4,7,11-12,19H2,1-3H3,(H,20,21);1-2H3/b8-6-,15-5+;. The molecular formula is C20H32N2O2. The molecule has 0 aromatic heterocycles. The molecule has 0 aliphatic rings. The predicted molar refractivity (Wildman–Crippen MR) is 103 cm³/mol. The lowest BCUT2D eigenvalue weighted by Crippen LogP contribution is -2.26. The van der Waals surface area contributed by atoms with E-state index in [0.29, 0.717) is 18.7 Å². The van der Waals surface area contributed by atoms with Gasteiger partial charge in [0, 0.05) is 17.8 Å². The van der Waals surface area contributed by atoms with Crippen molar-refractivity contribution >= 4 is 11.6 Å². The second-order valence-electron chi connectivity index (χ2n) is 5.03. The van der Waals surface area contributed by atoms with Gasteiger partial charge in [-0.2, -0.15) is 0 Å². The van der Waals surface area contributed by atoms with Crippen LogP contribution in [0.4, 0.5) is 5.69 Å². The van der Waals surface area contributed by atoms with Gasteiger partial charge in [-0.05, 0) is 50.5 Å². The van der Waals surface area contributed by atoms with Gasteiger partial charge >= 0.3 is 0 Å². The van der Waals surface area contributed by atoms with Gasteiger partial charge in [-0.1, -0.05) is 39.0 Å². The summed E-state index contributed by atoms with van der Waals surface area (Å²) >= 11 is 0. The van der Waals surface area contributed by atoms with E-state index in [9.17, 15) is 4.79 Å². The van der Waals surface area contributed by atoms with Crippen molar-refractivity contribution in [3.05, 3.63) is 47.6 Å². The van der Waals surface area contributed by atoms with Crippen LogP contribution >= 0.6 is 0 Å². The maximum atomic E-state index is 11.9. The van der Waals surface area contributed by atoms with Crippen molar-refractivity contribution in [3.8, 4) is 5.75 Å². The molecule has 134 valence electrons. The third kappa shape index (κ3) is 8.42. The van der Waals surface area contributed by atoms with Gasteiger partial charge in [0.25, 0.3) is 5.91 Å². The van der Waals surface area contributed by atoms with Gasteiger partial charge in [-0.3, -0.25) is 4.79 Å². The number of benzene rings is 1. The minimum absolute atomic E-state index is 0.0458. The Bertz CT molecular complexity index is 549. The number of ether oxygens (including phenoxy) is 1. The molecular weight excluding hydrogens is 300 g/mol. The Morgan fingerprint density at radius 3 is 2.62 bits per heavy atom. The number of nitrogens with two attached hydrogens (primary N) is 1. The summed E-state index contributed by atoms with van der Waals surface area (Å²) in [5.74, 6) is 0.758. The van der Waals surface area contributed by atoms with Crippen LogP contribution in [0.1, 0.15) is 46.1 Å². The fourth-order valence-electron chi connectivity index (χ4n) is 1.85. The lowest BCUT2D eigenvalue weighted by atomic mass is 10.2. The van der Waals surface area contributed by atoms with Crippen LogP contribution in [0, 0.1) is 6.92 Å². The van der Waals surface area contributed by atoms with Crippen molar-refractivity contribution in [1.29, 1.82) is 0 Å². The van der Waals surface area contributed by atoms with E-state index < -0.39 is 0 Å². The van der Waals surface area contributed by atoms with Crippen LogP contribution < -0.4 is 15.8 Å². The number of nitrogens with one attached hydrogen (secondary N) is 1. The van der Waals surface area contributed by atoms with Gasteiger partial charge in [0.05, 0.1) is 6.61 Å². The van der Waals surface area contributed by atoms with Crippen molar-refractivity contribution in [2.75, 3.05) is 18.9 Å². The van der Waals surface area contributed by atoms with Crippen LogP contribution in [0.15, 0.2) is 42.0 Å². The molecule has 0 fully saturated rings. The van der Waals surface area contributed by atoms with Crippen molar-refractivity contribution in [3.63, 3.8) is 0 Å². The van der Waals surface area contributed by atoms with E-state index in [1.54, 1.807) is 0 Å². The minimum atomic E-state index is -0.0458. The second kappa shape index (κ2) is 13.2. The summed E-state index contributed by atoms with van der Waals surface area (Å²) in [6.07, 6.45) is 7.31. The average molecular weight is 332 g/mol. The molecule has 3 N–H and O–H groups in total. The molecule has 0 atom stereocenters. The molecule has 0 aliphatic carbocycles. The molecule has 0 spiro atoms. The lowest BCUT2D eigenvalue weighted by Gasteiger charge is -2.09. The van der Waals surface area contributed by atoms with Crippen molar-refractivity contribution in [2.45, 2.75) is 47.5 Å². The molecule has 0 saturated carbocycles. The zero-order valence-electron chi connectivity index (χ0n) is 15.7. The summed E-state index contributed by atoms with van der Waals surface area (Å²) in [5.41, 5.74) is 8.22. The van der Waals surface area contributed by atoms with E-state index in [-0.39, 0.29) is 5.91 Å². The topological polar surface area (TPSA) is 64.3 Å². The van der Waals surface area contributed by atoms with Gasteiger partial charge in [-0.15, -0.1) is 0 Å². The molecule has 0 heterocycles. The Hall–Kier alpha value is -2.23. The predicted octanol–water partition coefficient (Wildman–Crippen LogP) is 4.40. The maximum Gasteiger partial charge on any atom is 0.250 e. The summed E-state index contributed by atoms with van der Waals surface area (Å²) in [7, 11) is 0. The molecule has 24 heavy (non-hydrogen) atoms. The monoisotopic (exact) mass is 332 g/mol. The van der Waals surface area contributed by atoms with E-state index in [2.05, 4.69) is 5.32 Å². The van der Waals surface area contributed by atoms with E-state index in [4.69, 9.17) is 10.5 Å². The number of rotatable bonds is 8. The van der Waals surface area contributed by atoms with Crippen molar-refractivity contribution in [2.24, 2.45) is 0 Å². The van der Waals surface area contributed by atoms with E-state index in [0.717, 1.165) is 29.8 Å². The third-order valence-corrected chi connectivity index (χ3v) is 3.22. The van der Waals surface area contributed by atoms with Crippen LogP contribution in [0.5, 0.6) is 5.75 Å². The Balaban J connectivity index is 0.00000254. The van der Waals surface area contributed by atoms with Crippen LogP contribution in [0.3, 0.4) is 0 Å². The van der Waals surface area contributed by atoms with Gasteiger partial charge in [-0.25, -0.2) is 0 Å². The van der Waals surface area contributed by atoms with Crippen LogP contribution in [-0.2, 0) is 4.79 Å². The number of carbonyl (C=O) groups excluding carboxylic acids is 1. The van der Waals surface area contributed by atoms with Gasteiger partial charge in [0.1, 0.15) is 5.75 Å². The summed E-state index contributed by atoms with van der Waals surface area (Å²) in [4.78, 5) is 11.9. The molecule has 1 amide bonds. The van der Waals surface area contributed by atoms with E-state index >= 15 is 0 Å². The fraction of sp³-hybridized carbons (Fsp3) is 0.450. The van der Waals surface area contributed by atoms with Gasteiger partial charge < -0.3 is 15.8 Å². The van der Waals surface area contributed by atoms with Crippen LogP contribution in [0.2, 0.25) is 0 Å². The highest BCUT2D eigenvalue weighted by Gasteiger charge is 2.04.